The number of aromatic amines is 1. The Morgan fingerprint density at radius 2 is 1.71 bits per heavy atom. The topological polar surface area (TPSA) is 96.8 Å². The van der Waals surface area contributed by atoms with Crippen LogP contribution in [0.1, 0.15) is 48.5 Å². The second-order valence-electron chi connectivity index (χ2n) is 12.3. The highest BCUT2D eigenvalue weighted by Gasteiger charge is 2.22. The zero-order chi connectivity index (χ0) is 34.8. The molecular weight excluding hydrogens is 671 g/mol. The molecule has 0 aliphatic heterocycles. The van der Waals surface area contributed by atoms with Crippen molar-refractivity contribution in [2.24, 2.45) is 5.92 Å². The van der Waals surface area contributed by atoms with Gasteiger partial charge in [-0.3, -0.25) is 4.79 Å². The van der Waals surface area contributed by atoms with Crippen molar-refractivity contribution in [3.05, 3.63) is 142 Å². The van der Waals surface area contributed by atoms with Crippen LogP contribution in [-0.2, 0) is 24.2 Å². The Bertz CT molecular complexity index is 1920. The van der Waals surface area contributed by atoms with Gasteiger partial charge >= 0.3 is 0 Å². The predicted molar refractivity (Wildman–Crippen MR) is 203 cm³/mol. The summed E-state index contributed by atoms with van der Waals surface area (Å²) in [5.41, 5.74) is 6.16. The molecule has 1 heterocycles. The standard InChI is InChI=1S/C39H38Cl2N6OS/c1-26(2)19-32(45-37(48)21-31-23-43-36(44-31)20-27-15-17-28(22-42)18-16-27)25-47(24-30-11-8-13-34(40)38(30)41)39(49)46-35-14-7-6-12-33(35)29-9-4-3-5-10-29/h3-18,23,26,32H,19-21,24-25H2,1-2H3,(H,43,44)(H,45,48)(H,46,49)/t32-/m0/s1. The van der Waals surface area contributed by atoms with Crippen LogP contribution in [-0.4, -0.2) is 38.5 Å². The molecule has 5 aromatic rings. The molecule has 49 heavy (non-hydrogen) atoms. The lowest BCUT2D eigenvalue weighted by molar-refractivity contribution is -0.121. The van der Waals surface area contributed by atoms with Gasteiger partial charge < -0.3 is 20.5 Å². The van der Waals surface area contributed by atoms with E-state index in [9.17, 15) is 4.79 Å². The van der Waals surface area contributed by atoms with Gasteiger partial charge in [-0.25, -0.2) is 4.98 Å². The van der Waals surface area contributed by atoms with E-state index >= 15 is 0 Å². The molecule has 0 fully saturated rings. The molecule has 0 unspecified atom stereocenters. The van der Waals surface area contributed by atoms with E-state index in [0.29, 0.717) is 46.1 Å². The van der Waals surface area contributed by atoms with Gasteiger partial charge in [0.1, 0.15) is 5.82 Å². The van der Waals surface area contributed by atoms with Crippen LogP contribution in [0.3, 0.4) is 0 Å². The third-order valence-corrected chi connectivity index (χ3v) is 9.20. The Balaban J connectivity index is 1.32. The van der Waals surface area contributed by atoms with Gasteiger partial charge in [0.05, 0.1) is 28.1 Å². The summed E-state index contributed by atoms with van der Waals surface area (Å²) in [6, 6.07) is 33.1. The number of para-hydroxylation sites is 1. The minimum Gasteiger partial charge on any atom is -0.351 e. The fourth-order valence-electron chi connectivity index (χ4n) is 5.69. The quantitative estimate of drug-likeness (QED) is 0.106. The zero-order valence-corrected chi connectivity index (χ0v) is 29.7. The highest BCUT2D eigenvalue weighted by Crippen LogP contribution is 2.30. The van der Waals surface area contributed by atoms with Gasteiger partial charge in [-0.1, -0.05) is 110 Å². The summed E-state index contributed by atoms with van der Waals surface area (Å²) in [7, 11) is 0. The number of hydrogen-bond acceptors (Lipinski definition) is 4. The molecule has 0 saturated heterocycles. The van der Waals surface area contributed by atoms with Gasteiger partial charge in [0.2, 0.25) is 5.91 Å². The maximum absolute atomic E-state index is 13.4. The van der Waals surface area contributed by atoms with Gasteiger partial charge in [0, 0.05) is 48.7 Å². The van der Waals surface area contributed by atoms with Crippen LogP contribution in [0.5, 0.6) is 0 Å². The number of rotatable bonds is 13. The Hall–Kier alpha value is -4.68. The number of nitrogens with one attached hydrogen (secondary N) is 3. The second-order valence-corrected chi connectivity index (χ2v) is 13.5. The molecule has 1 aromatic heterocycles. The number of amides is 1. The normalized spacial score (nSPS) is 11.5. The Morgan fingerprint density at radius 3 is 2.45 bits per heavy atom. The van der Waals surface area contributed by atoms with E-state index in [1.807, 2.05) is 65.6 Å². The Kier molecular flexibility index (Phi) is 12.4. The SMILES string of the molecule is CC(C)C[C@@H](CN(Cc1cccc(Cl)c1Cl)C(=S)Nc1ccccc1-c1ccccc1)NC(=O)Cc1cnc(Cc2ccc(C#N)cc2)[nH]1. The van der Waals surface area contributed by atoms with Gasteiger partial charge in [0.25, 0.3) is 0 Å². The first kappa shape index (κ1) is 35.6. The highest BCUT2D eigenvalue weighted by atomic mass is 35.5. The lowest BCUT2D eigenvalue weighted by Gasteiger charge is -2.32. The molecule has 0 spiro atoms. The molecule has 0 radical (unpaired) electrons. The molecule has 250 valence electrons. The minimum absolute atomic E-state index is 0.117. The summed E-state index contributed by atoms with van der Waals surface area (Å²) in [6.07, 6.45) is 3.17. The molecule has 4 aromatic carbocycles. The van der Waals surface area contributed by atoms with E-state index in [1.54, 1.807) is 24.4 Å². The highest BCUT2D eigenvalue weighted by molar-refractivity contribution is 7.80. The molecule has 3 N–H and O–H groups in total. The maximum atomic E-state index is 13.4. The van der Waals surface area contributed by atoms with Gasteiger partial charge in [-0.05, 0) is 65.5 Å². The van der Waals surface area contributed by atoms with Crippen LogP contribution in [0, 0.1) is 17.2 Å². The van der Waals surface area contributed by atoms with Crippen LogP contribution in [0.15, 0.2) is 103 Å². The first-order valence-electron chi connectivity index (χ1n) is 16.1. The largest absolute Gasteiger partial charge is 0.351 e. The fourth-order valence-corrected chi connectivity index (χ4v) is 6.32. The number of anilines is 1. The molecule has 5 rings (SSSR count). The number of nitrogens with zero attached hydrogens (tertiary/aromatic N) is 3. The average Bonchev–Trinajstić information content (AvgIpc) is 3.53. The Labute approximate surface area is 303 Å². The van der Waals surface area contributed by atoms with Crippen molar-refractivity contribution in [1.29, 1.82) is 5.26 Å². The summed E-state index contributed by atoms with van der Waals surface area (Å²) in [4.78, 5) is 23.2. The number of nitriles is 1. The number of imidazole rings is 1. The van der Waals surface area contributed by atoms with Crippen molar-refractivity contribution in [2.45, 2.75) is 45.7 Å². The smallest absolute Gasteiger partial charge is 0.226 e. The molecule has 7 nitrogen and oxygen atoms in total. The number of aromatic nitrogens is 2. The van der Waals surface area contributed by atoms with Crippen LogP contribution >= 0.6 is 35.4 Å². The van der Waals surface area contributed by atoms with Crippen molar-refractivity contribution in [2.75, 3.05) is 11.9 Å². The maximum Gasteiger partial charge on any atom is 0.226 e. The van der Waals surface area contributed by atoms with Crippen LogP contribution < -0.4 is 10.6 Å². The van der Waals surface area contributed by atoms with E-state index < -0.39 is 0 Å². The van der Waals surface area contributed by atoms with Crippen molar-refractivity contribution >= 4 is 52.1 Å². The minimum atomic E-state index is -0.212. The molecule has 0 bridgehead atoms. The number of H-pyrrole nitrogens is 1. The van der Waals surface area contributed by atoms with E-state index in [-0.39, 0.29) is 18.4 Å². The number of benzene rings is 4. The van der Waals surface area contributed by atoms with E-state index in [1.165, 1.54) is 0 Å². The number of hydrogen-bond donors (Lipinski definition) is 3. The Morgan fingerprint density at radius 1 is 0.980 bits per heavy atom. The van der Waals surface area contributed by atoms with Crippen LogP contribution in [0.4, 0.5) is 5.69 Å². The number of halogens is 2. The van der Waals surface area contributed by atoms with E-state index in [2.05, 4.69) is 58.7 Å². The number of carbonyl (C=O) groups is 1. The van der Waals surface area contributed by atoms with Gasteiger partial charge in [0.15, 0.2) is 5.11 Å². The first-order chi connectivity index (χ1) is 23.7. The van der Waals surface area contributed by atoms with Gasteiger partial charge in [-0.2, -0.15) is 5.26 Å². The summed E-state index contributed by atoms with van der Waals surface area (Å²) in [5.74, 6) is 0.949. The lowest BCUT2D eigenvalue weighted by atomic mass is 10.0. The lowest BCUT2D eigenvalue weighted by Crippen LogP contribution is -2.47. The summed E-state index contributed by atoms with van der Waals surface area (Å²) in [5, 5.41) is 17.3. The van der Waals surface area contributed by atoms with Gasteiger partial charge in [-0.15, -0.1) is 0 Å². The number of thiocarbonyl (C=S) groups is 1. The summed E-state index contributed by atoms with van der Waals surface area (Å²) >= 11 is 19.1. The fraction of sp³-hybridized carbons (Fsp3) is 0.231. The average molecular weight is 710 g/mol. The summed E-state index contributed by atoms with van der Waals surface area (Å²) < 4.78 is 0. The molecule has 0 aliphatic carbocycles. The molecule has 0 aliphatic rings. The summed E-state index contributed by atoms with van der Waals surface area (Å²) in [6.45, 7) is 5.10. The van der Waals surface area contributed by atoms with E-state index in [4.69, 9.17) is 40.7 Å². The molecular formula is C39H38Cl2N6OS. The monoisotopic (exact) mass is 708 g/mol. The van der Waals surface area contributed by atoms with Crippen LogP contribution in [0.25, 0.3) is 11.1 Å². The predicted octanol–water partition coefficient (Wildman–Crippen LogP) is 8.82. The first-order valence-corrected chi connectivity index (χ1v) is 17.3. The van der Waals surface area contributed by atoms with Crippen molar-refractivity contribution < 1.29 is 4.79 Å². The van der Waals surface area contributed by atoms with Crippen molar-refractivity contribution in [1.82, 2.24) is 20.2 Å². The molecule has 1 atom stereocenters. The van der Waals surface area contributed by atoms with Crippen molar-refractivity contribution in [3.63, 3.8) is 0 Å². The van der Waals surface area contributed by atoms with E-state index in [0.717, 1.165) is 45.9 Å². The molecule has 1 amide bonds. The third kappa shape index (κ3) is 10.2. The van der Waals surface area contributed by atoms with Crippen LogP contribution in [0.2, 0.25) is 10.0 Å². The molecule has 0 saturated carbocycles. The molecule has 10 heteroatoms. The van der Waals surface area contributed by atoms with Crippen molar-refractivity contribution in [3.8, 4) is 17.2 Å². The number of carbonyl (C=O) groups excluding carboxylic acids is 1. The second kappa shape index (κ2) is 17.1. The third-order valence-electron chi connectivity index (χ3n) is 7.98. The zero-order valence-electron chi connectivity index (χ0n) is 27.4.